The van der Waals surface area contributed by atoms with E-state index in [-0.39, 0.29) is 0 Å². The van der Waals surface area contributed by atoms with Gasteiger partial charge in [0.15, 0.2) is 0 Å². The fraction of sp³-hybridized carbons (Fsp3) is 0.684. The molecule has 0 amide bonds. The van der Waals surface area contributed by atoms with E-state index in [2.05, 4.69) is 49.5 Å². The summed E-state index contributed by atoms with van der Waals surface area (Å²) in [6.45, 7) is 4.78. The van der Waals surface area contributed by atoms with Crippen LogP contribution in [0.2, 0.25) is 0 Å². The van der Waals surface area contributed by atoms with Crippen molar-refractivity contribution in [2.45, 2.75) is 64.5 Å². The van der Waals surface area contributed by atoms with Gasteiger partial charge in [0.25, 0.3) is 0 Å². The Hall–Kier alpha value is -0.820. The van der Waals surface area contributed by atoms with E-state index in [1.807, 2.05) is 0 Å². The Kier molecular flexibility index (Phi) is 4.45. The van der Waals surface area contributed by atoms with Crippen molar-refractivity contribution in [2.24, 2.45) is 17.8 Å². The molecule has 1 nitrogen and oxygen atoms in total. The fourth-order valence-corrected chi connectivity index (χ4v) is 3.83. The van der Waals surface area contributed by atoms with Crippen LogP contribution in [0.3, 0.4) is 0 Å². The number of benzene rings is 1. The Bertz CT molecular complexity index is 407. The molecule has 2 saturated carbocycles. The van der Waals surface area contributed by atoms with E-state index in [1.165, 1.54) is 44.1 Å². The minimum absolute atomic E-state index is 0.604. The number of rotatable bonds is 5. The summed E-state index contributed by atoms with van der Waals surface area (Å²) >= 11 is 0. The molecule has 20 heavy (non-hydrogen) atoms. The first-order chi connectivity index (χ1) is 9.74. The Morgan fingerprint density at radius 1 is 0.950 bits per heavy atom. The minimum atomic E-state index is 0.604. The molecule has 2 aliphatic carbocycles. The molecule has 110 valence electrons. The van der Waals surface area contributed by atoms with Gasteiger partial charge in [-0.05, 0) is 49.0 Å². The molecule has 1 aromatic carbocycles. The Morgan fingerprint density at radius 3 is 2.35 bits per heavy atom. The van der Waals surface area contributed by atoms with E-state index < -0.39 is 0 Å². The molecular formula is C19H29N. The summed E-state index contributed by atoms with van der Waals surface area (Å²) in [7, 11) is 0. The molecule has 3 unspecified atom stereocenters. The van der Waals surface area contributed by atoms with Crippen molar-refractivity contribution in [3.8, 4) is 0 Å². The monoisotopic (exact) mass is 271 g/mol. The van der Waals surface area contributed by atoms with Gasteiger partial charge in [-0.3, -0.25) is 0 Å². The van der Waals surface area contributed by atoms with Gasteiger partial charge in [0.2, 0.25) is 0 Å². The third-order valence-corrected chi connectivity index (χ3v) is 5.32. The minimum Gasteiger partial charge on any atom is -0.307 e. The summed E-state index contributed by atoms with van der Waals surface area (Å²) in [5, 5.41) is 4.02. The molecule has 0 radical (unpaired) electrons. The van der Waals surface area contributed by atoms with Crippen LogP contribution in [-0.4, -0.2) is 6.04 Å². The predicted octanol–water partition coefficient (Wildman–Crippen LogP) is 4.94. The third-order valence-electron chi connectivity index (χ3n) is 5.32. The van der Waals surface area contributed by atoms with Crippen LogP contribution in [-0.2, 0) is 0 Å². The standard InChI is InChI=1S/C19H29N/c1-14(2)17-9-6-10-18(13-17)20-19(16-11-12-16)15-7-4-3-5-8-15/h3-5,7-8,14,16-20H,6,9-13H2,1-2H3. The largest absolute Gasteiger partial charge is 0.307 e. The zero-order valence-corrected chi connectivity index (χ0v) is 13.0. The van der Waals surface area contributed by atoms with Crippen LogP contribution in [0.4, 0.5) is 0 Å². The highest BCUT2D eigenvalue weighted by molar-refractivity contribution is 5.21. The van der Waals surface area contributed by atoms with Gasteiger partial charge in [-0.1, -0.05) is 57.0 Å². The van der Waals surface area contributed by atoms with Crippen LogP contribution >= 0.6 is 0 Å². The predicted molar refractivity (Wildman–Crippen MR) is 85.6 cm³/mol. The highest BCUT2D eigenvalue weighted by Crippen LogP contribution is 2.42. The van der Waals surface area contributed by atoms with Crippen LogP contribution in [0, 0.1) is 17.8 Å². The molecule has 1 aromatic rings. The quantitative estimate of drug-likeness (QED) is 0.799. The topological polar surface area (TPSA) is 12.0 Å². The molecule has 0 spiro atoms. The molecule has 0 saturated heterocycles. The summed E-state index contributed by atoms with van der Waals surface area (Å²) in [4.78, 5) is 0. The van der Waals surface area contributed by atoms with Gasteiger partial charge >= 0.3 is 0 Å². The highest BCUT2D eigenvalue weighted by atomic mass is 15.0. The summed E-state index contributed by atoms with van der Waals surface area (Å²) in [5.74, 6) is 2.66. The summed E-state index contributed by atoms with van der Waals surface area (Å²) in [6, 6.07) is 12.4. The van der Waals surface area contributed by atoms with Gasteiger partial charge in [-0.15, -0.1) is 0 Å². The molecule has 2 aliphatic rings. The van der Waals surface area contributed by atoms with E-state index in [1.54, 1.807) is 0 Å². The SMILES string of the molecule is CC(C)C1CCCC(NC(c2ccccc2)C2CC2)C1. The summed E-state index contributed by atoms with van der Waals surface area (Å²) in [5.41, 5.74) is 1.50. The summed E-state index contributed by atoms with van der Waals surface area (Å²) in [6.07, 6.45) is 8.43. The second-order valence-corrected chi connectivity index (χ2v) is 7.26. The lowest BCUT2D eigenvalue weighted by molar-refractivity contribution is 0.216. The number of nitrogens with one attached hydrogen (secondary N) is 1. The van der Waals surface area contributed by atoms with Gasteiger partial charge in [0, 0.05) is 12.1 Å². The molecule has 3 rings (SSSR count). The normalized spacial score (nSPS) is 28.6. The lowest BCUT2D eigenvalue weighted by atomic mass is 9.79. The zero-order chi connectivity index (χ0) is 13.9. The van der Waals surface area contributed by atoms with E-state index in [4.69, 9.17) is 0 Å². The summed E-state index contributed by atoms with van der Waals surface area (Å²) < 4.78 is 0. The first kappa shape index (κ1) is 14.1. The third kappa shape index (κ3) is 3.44. The van der Waals surface area contributed by atoms with Crippen molar-refractivity contribution in [3.05, 3.63) is 35.9 Å². The van der Waals surface area contributed by atoms with Crippen LogP contribution in [0.25, 0.3) is 0 Å². The lowest BCUT2D eigenvalue weighted by Crippen LogP contribution is -2.38. The average molecular weight is 271 g/mol. The van der Waals surface area contributed by atoms with Gasteiger partial charge in [-0.25, -0.2) is 0 Å². The first-order valence-corrected chi connectivity index (χ1v) is 8.55. The molecule has 0 aliphatic heterocycles. The van der Waals surface area contributed by atoms with Crippen LogP contribution in [0.1, 0.15) is 64.0 Å². The molecule has 0 heterocycles. The van der Waals surface area contributed by atoms with Crippen molar-refractivity contribution in [1.29, 1.82) is 0 Å². The first-order valence-electron chi connectivity index (χ1n) is 8.55. The maximum atomic E-state index is 4.02. The van der Waals surface area contributed by atoms with Crippen molar-refractivity contribution < 1.29 is 0 Å². The molecule has 0 aromatic heterocycles. The van der Waals surface area contributed by atoms with Gasteiger partial charge in [-0.2, -0.15) is 0 Å². The van der Waals surface area contributed by atoms with E-state index in [0.717, 1.165) is 23.8 Å². The molecule has 3 atom stereocenters. The average Bonchev–Trinajstić information content (AvgIpc) is 3.30. The fourth-order valence-electron chi connectivity index (χ4n) is 3.83. The van der Waals surface area contributed by atoms with Crippen molar-refractivity contribution in [1.82, 2.24) is 5.32 Å². The number of hydrogen-bond donors (Lipinski definition) is 1. The maximum Gasteiger partial charge on any atom is 0.0351 e. The van der Waals surface area contributed by atoms with Gasteiger partial charge in [0.05, 0.1) is 0 Å². The van der Waals surface area contributed by atoms with Crippen molar-refractivity contribution in [3.63, 3.8) is 0 Å². The number of hydrogen-bond acceptors (Lipinski definition) is 1. The van der Waals surface area contributed by atoms with Crippen molar-refractivity contribution >= 4 is 0 Å². The van der Waals surface area contributed by atoms with Gasteiger partial charge < -0.3 is 5.32 Å². The van der Waals surface area contributed by atoms with E-state index >= 15 is 0 Å². The molecule has 0 bridgehead atoms. The highest BCUT2D eigenvalue weighted by Gasteiger charge is 2.34. The van der Waals surface area contributed by atoms with E-state index in [0.29, 0.717) is 6.04 Å². The molecule has 1 heteroatoms. The van der Waals surface area contributed by atoms with E-state index in [9.17, 15) is 0 Å². The Labute approximate surface area is 124 Å². The second kappa shape index (κ2) is 6.30. The zero-order valence-electron chi connectivity index (χ0n) is 13.0. The maximum absolute atomic E-state index is 4.02. The molecule has 2 fully saturated rings. The van der Waals surface area contributed by atoms with Crippen LogP contribution in [0.5, 0.6) is 0 Å². The smallest absolute Gasteiger partial charge is 0.0351 e. The van der Waals surface area contributed by atoms with Gasteiger partial charge in [0.1, 0.15) is 0 Å². The van der Waals surface area contributed by atoms with Crippen LogP contribution in [0.15, 0.2) is 30.3 Å². The molecular weight excluding hydrogens is 242 g/mol. The van der Waals surface area contributed by atoms with Crippen LogP contribution < -0.4 is 5.32 Å². The Morgan fingerprint density at radius 2 is 1.70 bits per heavy atom. The van der Waals surface area contributed by atoms with Crippen molar-refractivity contribution in [2.75, 3.05) is 0 Å². The second-order valence-electron chi connectivity index (χ2n) is 7.26. The molecule has 1 N–H and O–H groups in total. The lowest BCUT2D eigenvalue weighted by Gasteiger charge is -2.35. The Balaban J connectivity index is 1.65.